The highest BCUT2D eigenvalue weighted by Crippen LogP contribution is 2.45. The molecule has 0 bridgehead atoms. The zero-order valence-electron chi connectivity index (χ0n) is 21.9. The van der Waals surface area contributed by atoms with E-state index in [0.717, 1.165) is 24.1 Å². The Morgan fingerprint density at radius 1 is 1.24 bits per heavy atom. The van der Waals surface area contributed by atoms with Gasteiger partial charge in [0.15, 0.2) is 14.1 Å². The first-order chi connectivity index (χ1) is 15.6. The second-order valence-corrected chi connectivity index (χ2v) is 16.8. The van der Waals surface area contributed by atoms with Crippen LogP contribution < -0.4 is 10.2 Å². The number of fused-ring (bicyclic) bond motifs is 1. The molecule has 0 saturated heterocycles. The lowest BCUT2D eigenvalue weighted by Gasteiger charge is -2.39. The van der Waals surface area contributed by atoms with E-state index in [1.54, 1.807) is 18.3 Å². The third-order valence-corrected chi connectivity index (χ3v) is 11.1. The van der Waals surface area contributed by atoms with Gasteiger partial charge in [0, 0.05) is 29.4 Å². The molecule has 2 aromatic rings. The Morgan fingerprint density at radius 3 is 2.50 bits per heavy atom. The van der Waals surface area contributed by atoms with Gasteiger partial charge < -0.3 is 14.6 Å². The highest BCUT2D eigenvalue weighted by molar-refractivity contribution is 6.74. The van der Waals surface area contributed by atoms with Crippen molar-refractivity contribution in [2.75, 3.05) is 18.5 Å². The minimum Gasteiger partial charge on any atom is -0.410 e. The lowest BCUT2D eigenvalue weighted by molar-refractivity contribution is -0.121. The largest absolute Gasteiger partial charge is 0.410 e. The van der Waals surface area contributed by atoms with Crippen LogP contribution in [0, 0.1) is 0 Å². The van der Waals surface area contributed by atoms with Crippen molar-refractivity contribution in [1.82, 2.24) is 20.3 Å². The molecule has 34 heavy (non-hydrogen) atoms. The highest BCUT2D eigenvalue weighted by atomic mass is 35.5. The molecule has 1 aliphatic carbocycles. The van der Waals surface area contributed by atoms with Crippen LogP contribution in [0.5, 0.6) is 0 Å². The molecule has 0 spiro atoms. The summed E-state index contributed by atoms with van der Waals surface area (Å²) in [6.45, 7) is 17.3. The van der Waals surface area contributed by atoms with Crippen molar-refractivity contribution in [3.8, 4) is 11.5 Å². The van der Waals surface area contributed by atoms with E-state index >= 15 is 0 Å². The third kappa shape index (κ3) is 6.15. The lowest BCUT2D eigenvalue weighted by atomic mass is 10.1. The summed E-state index contributed by atoms with van der Waals surface area (Å²) in [6, 6.07) is 3.49. The molecule has 0 saturated carbocycles. The zero-order valence-corrected chi connectivity index (χ0v) is 23.7. The SMILES string of the molecule is CN(CC(=O)NC(C)(C)C)c1nc(-c2cc(Cl)ccn2)nc2c1C(O[Si](C)(C)C(C)(C)C)CC2. The number of amides is 1. The van der Waals surface area contributed by atoms with Gasteiger partial charge in [-0.05, 0) is 63.9 Å². The van der Waals surface area contributed by atoms with E-state index in [4.69, 9.17) is 26.0 Å². The highest BCUT2D eigenvalue weighted by Gasteiger charge is 2.42. The number of nitrogens with one attached hydrogen (secondary N) is 1. The predicted molar refractivity (Wildman–Crippen MR) is 141 cm³/mol. The van der Waals surface area contributed by atoms with Crippen LogP contribution in [0.25, 0.3) is 11.5 Å². The maximum absolute atomic E-state index is 12.7. The fourth-order valence-corrected chi connectivity index (χ4v) is 5.23. The number of nitrogens with zero attached hydrogens (tertiary/aromatic N) is 4. The van der Waals surface area contributed by atoms with Crippen molar-refractivity contribution in [2.45, 2.75) is 84.2 Å². The van der Waals surface area contributed by atoms with Gasteiger partial charge in [0.05, 0.1) is 18.3 Å². The zero-order chi connectivity index (χ0) is 25.5. The fraction of sp³-hybridized carbons (Fsp3) is 0.600. The minimum atomic E-state index is -2.03. The second kappa shape index (κ2) is 9.55. The van der Waals surface area contributed by atoms with Crippen LogP contribution in [-0.2, 0) is 15.6 Å². The number of hydrogen-bond donors (Lipinski definition) is 1. The van der Waals surface area contributed by atoms with Crippen molar-refractivity contribution in [1.29, 1.82) is 0 Å². The van der Waals surface area contributed by atoms with Crippen LogP contribution in [0.1, 0.15) is 65.3 Å². The van der Waals surface area contributed by atoms with E-state index < -0.39 is 8.32 Å². The first-order valence-corrected chi connectivity index (χ1v) is 15.1. The summed E-state index contributed by atoms with van der Waals surface area (Å²) in [6.07, 6.45) is 3.19. The number of aromatic nitrogens is 3. The van der Waals surface area contributed by atoms with Crippen LogP contribution in [0.15, 0.2) is 18.3 Å². The maximum atomic E-state index is 12.7. The van der Waals surface area contributed by atoms with Crippen molar-refractivity contribution >= 4 is 31.6 Å². The molecule has 1 atom stereocenters. The minimum absolute atomic E-state index is 0.0651. The monoisotopic (exact) mass is 503 g/mol. The van der Waals surface area contributed by atoms with E-state index in [1.807, 2.05) is 32.7 Å². The summed E-state index contributed by atoms with van der Waals surface area (Å²) in [4.78, 5) is 28.8. The topological polar surface area (TPSA) is 80.2 Å². The van der Waals surface area contributed by atoms with Gasteiger partial charge in [-0.1, -0.05) is 32.4 Å². The molecule has 0 fully saturated rings. The van der Waals surface area contributed by atoms with Gasteiger partial charge >= 0.3 is 0 Å². The van der Waals surface area contributed by atoms with E-state index in [0.29, 0.717) is 22.4 Å². The first-order valence-electron chi connectivity index (χ1n) is 11.8. The van der Waals surface area contributed by atoms with Crippen molar-refractivity contribution in [3.05, 3.63) is 34.6 Å². The van der Waals surface area contributed by atoms with Gasteiger partial charge in [-0.2, -0.15) is 0 Å². The van der Waals surface area contributed by atoms with Crippen molar-refractivity contribution in [2.24, 2.45) is 0 Å². The van der Waals surface area contributed by atoms with Crippen LogP contribution in [0.4, 0.5) is 5.82 Å². The Balaban J connectivity index is 2.04. The Morgan fingerprint density at radius 2 is 1.91 bits per heavy atom. The molecule has 186 valence electrons. The number of pyridine rings is 1. The Kier molecular flexibility index (Phi) is 7.46. The number of anilines is 1. The van der Waals surface area contributed by atoms with Crippen molar-refractivity contribution in [3.63, 3.8) is 0 Å². The molecular formula is C25H38ClN5O2Si. The molecule has 1 unspecified atom stereocenters. The van der Waals surface area contributed by atoms with Gasteiger partial charge in [-0.15, -0.1) is 0 Å². The molecule has 0 aliphatic heterocycles. The van der Waals surface area contributed by atoms with Crippen LogP contribution in [-0.4, -0.2) is 48.3 Å². The van der Waals surface area contributed by atoms with Gasteiger partial charge in [0.2, 0.25) is 5.91 Å². The van der Waals surface area contributed by atoms with Gasteiger partial charge in [0.25, 0.3) is 0 Å². The lowest BCUT2D eigenvalue weighted by Crippen LogP contribution is -2.45. The third-order valence-electron chi connectivity index (χ3n) is 6.42. The molecule has 7 nitrogen and oxygen atoms in total. The Bertz CT molecular complexity index is 1060. The summed E-state index contributed by atoms with van der Waals surface area (Å²) in [5.41, 5.74) is 2.24. The van der Waals surface area contributed by atoms with E-state index in [1.165, 1.54) is 0 Å². The van der Waals surface area contributed by atoms with Crippen LogP contribution in [0.2, 0.25) is 23.2 Å². The van der Waals surface area contributed by atoms with Crippen LogP contribution >= 0.6 is 11.6 Å². The Labute approximate surface area is 209 Å². The van der Waals surface area contributed by atoms with E-state index in [-0.39, 0.29) is 29.1 Å². The summed E-state index contributed by atoms with van der Waals surface area (Å²) >= 11 is 6.21. The number of carbonyl (C=O) groups excluding carboxylic acids is 1. The number of aryl methyl sites for hydroxylation is 1. The normalized spacial score (nSPS) is 16.4. The molecule has 1 amide bonds. The molecule has 0 aromatic carbocycles. The second-order valence-electron chi connectivity index (χ2n) is 11.7. The number of halogens is 1. The number of hydrogen-bond acceptors (Lipinski definition) is 6. The summed E-state index contributed by atoms with van der Waals surface area (Å²) in [5.74, 6) is 1.16. The first kappa shape index (κ1) is 26.6. The standard InChI is InChI=1S/C25H38ClN5O2Si/c1-24(2,3)30-20(32)15-31(7)23-21-17(10-11-19(21)33-34(8,9)25(4,5)6)28-22(29-23)18-14-16(26)12-13-27-18/h12-14,19H,10-11,15H2,1-9H3,(H,30,32). The molecule has 0 radical (unpaired) electrons. The summed E-state index contributed by atoms with van der Waals surface area (Å²) in [7, 11) is -0.137. The van der Waals surface area contributed by atoms with E-state index in [2.05, 4.69) is 44.2 Å². The molecule has 3 rings (SSSR count). The van der Waals surface area contributed by atoms with Gasteiger partial charge in [-0.3, -0.25) is 9.78 Å². The average molecular weight is 504 g/mol. The summed E-state index contributed by atoms with van der Waals surface area (Å²) < 4.78 is 6.83. The molecule has 2 aromatic heterocycles. The van der Waals surface area contributed by atoms with Crippen LogP contribution in [0.3, 0.4) is 0 Å². The predicted octanol–water partition coefficient (Wildman–Crippen LogP) is 5.55. The average Bonchev–Trinajstić information content (AvgIpc) is 3.07. The number of likely N-dealkylation sites (N-methyl/N-ethyl adjacent to an activating group) is 1. The maximum Gasteiger partial charge on any atom is 0.239 e. The van der Waals surface area contributed by atoms with Crippen molar-refractivity contribution < 1.29 is 9.22 Å². The quantitative estimate of drug-likeness (QED) is 0.520. The van der Waals surface area contributed by atoms with Gasteiger partial charge in [-0.25, -0.2) is 9.97 Å². The Hall–Kier alpha value is -2.03. The number of rotatable bonds is 6. The van der Waals surface area contributed by atoms with E-state index in [9.17, 15) is 4.79 Å². The molecule has 1 N–H and O–H groups in total. The fourth-order valence-electron chi connectivity index (χ4n) is 3.77. The molecule has 2 heterocycles. The molecule has 9 heteroatoms. The molecule has 1 aliphatic rings. The summed E-state index contributed by atoms with van der Waals surface area (Å²) in [5, 5.41) is 3.69. The number of carbonyl (C=O) groups is 1. The molecular weight excluding hydrogens is 466 g/mol. The smallest absolute Gasteiger partial charge is 0.239 e. The van der Waals surface area contributed by atoms with Gasteiger partial charge in [0.1, 0.15) is 11.5 Å².